The molecule has 6 heteroatoms. The molecule has 1 amide bonds. The second-order valence-corrected chi connectivity index (χ2v) is 6.92. The number of nitrogens with zero attached hydrogens (tertiary/aromatic N) is 3. The number of amides is 1. The number of piperidine rings is 1. The van der Waals surface area contributed by atoms with Crippen molar-refractivity contribution in [3.05, 3.63) is 36.3 Å². The summed E-state index contributed by atoms with van der Waals surface area (Å²) in [5, 5.41) is 17.8. The largest absolute Gasteiger partial charge is 0.389 e. The van der Waals surface area contributed by atoms with Crippen LogP contribution in [0.4, 0.5) is 0 Å². The summed E-state index contributed by atoms with van der Waals surface area (Å²) in [6, 6.07) is 3.71. The molecular weight excluding hydrogens is 304 g/mol. The quantitative estimate of drug-likeness (QED) is 0.906. The number of aromatic nitrogens is 3. The van der Waals surface area contributed by atoms with E-state index >= 15 is 0 Å². The number of carbonyl (C=O) groups excluding carboxylic acids is 1. The summed E-state index contributed by atoms with van der Waals surface area (Å²) in [5.74, 6) is 0.405. The number of pyridine rings is 1. The standard InChI is InChI=1S/C18H22N4O2/c23-17(15-12-20-21-16(15)13-4-8-19-9-5-13)22-10-6-18(24,7-11-22)14-2-1-3-14/h4-5,8-9,12,14,24H,1-3,6-7,10-11H2,(H,20,21). The Hall–Kier alpha value is -2.21. The van der Waals surface area contributed by atoms with E-state index < -0.39 is 5.60 Å². The van der Waals surface area contributed by atoms with Crippen molar-refractivity contribution < 1.29 is 9.90 Å². The maximum absolute atomic E-state index is 12.9. The summed E-state index contributed by atoms with van der Waals surface area (Å²) >= 11 is 0. The highest BCUT2D eigenvalue weighted by molar-refractivity contribution is 5.99. The Labute approximate surface area is 140 Å². The topological polar surface area (TPSA) is 82.1 Å². The van der Waals surface area contributed by atoms with Crippen molar-refractivity contribution in [2.24, 2.45) is 5.92 Å². The lowest BCUT2D eigenvalue weighted by Gasteiger charge is -2.46. The minimum atomic E-state index is -0.570. The smallest absolute Gasteiger partial charge is 0.257 e. The Balaban J connectivity index is 1.49. The zero-order valence-corrected chi connectivity index (χ0v) is 13.6. The summed E-state index contributed by atoms with van der Waals surface area (Å²) < 4.78 is 0. The van der Waals surface area contributed by atoms with Crippen LogP contribution < -0.4 is 0 Å². The van der Waals surface area contributed by atoms with E-state index in [0.717, 1.165) is 24.1 Å². The maximum Gasteiger partial charge on any atom is 0.257 e. The fraction of sp³-hybridized carbons (Fsp3) is 0.500. The van der Waals surface area contributed by atoms with Crippen molar-refractivity contribution in [2.75, 3.05) is 13.1 Å². The van der Waals surface area contributed by atoms with Crippen LogP contribution in [0.15, 0.2) is 30.7 Å². The first-order valence-electron chi connectivity index (χ1n) is 8.63. The van der Waals surface area contributed by atoms with Crippen LogP contribution in [0.25, 0.3) is 11.3 Å². The predicted octanol–water partition coefficient (Wildman–Crippen LogP) is 2.24. The highest BCUT2D eigenvalue weighted by atomic mass is 16.3. The summed E-state index contributed by atoms with van der Waals surface area (Å²) in [6.45, 7) is 1.21. The lowest BCUT2D eigenvalue weighted by atomic mass is 9.69. The van der Waals surface area contributed by atoms with Gasteiger partial charge in [-0.3, -0.25) is 14.9 Å². The monoisotopic (exact) mass is 326 g/mol. The van der Waals surface area contributed by atoms with Crippen LogP contribution in [0, 0.1) is 5.92 Å². The normalized spacial score (nSPS) is 20.6. The highest BCUT2D eigenvalue weighted by Crippen LogP contribution is 2.42. The van der Waals surface area contributed by atoms with Crippen LogP contribution in [0.2, 0.25) is 0 Å². The van der Waals surface area contributed by atoms with Gasteiger partial charge in [-0.1, -0.05) is 6.42 Å². The van der Waals surface area contributed by atoms with Gasteiger partial charge in [0, 0.05) is 31.0 Å². The van der Waals surface area contributed by atoms with Crippen molar-refractivity contribution >= 4 is 5.91 Å². The average Bonchev–Trinajstić information content (AvgIpc) is 3.03. The molecule has 2 aliphatic rings. The molecule has 1 saturated heterocycles. The molecule has 0 aromatic carbocycles. The van der Waals surface area contributed by atoms with Gasteiger partial charge in [0.1, 0.15) is 0 Å². The molecule has 2 aromatic heterocycles. The molecule has 0 unspecified atom stereocenters. The summed E-state index contributed by atoms with van der Waals surface area (Å²) in [6.07, 6.45) is 9.80. The zero-order valence-electron chi connectivity index (χ0n) is 13.6. The van der Waals surface area contributed by atoms with Gasteiger partial charge in [0.2, 0.25) is 0 Å². The molecule has 3 heterocycles. The number of hydrogen-bond acceptors (Lipinski definition) is 4. The van der Waals surface area contributed by atoms with Gasteiger partial charge >= 0.3 is 0 Å². The first kappa shape index (κ1) is 15.3. The van der Waals surface area contributed by atoms with E-state index in [4.69, 9.17) is 0 Å². The van der Waals surface area contributed by atoms with Crippen LogP contribution in [0.5, 0.6) is 0 Å². The molecule has 2 aromatic rings. The minimum Gasteiger partial charge on any atom is -0.389 e. The summed E-state index contributed by atoms with van der Waals surface area (Å²) in [4.78, 5) is 18.7. The number of rotatable bonds is 3. The van der Waals surface area contributed by atoms with Crippen molar-refractivity contribution in [1.29, 1.82) is 0 Å². The predicted molar refractivity (Wildman–Crippen MR) is 89.2 cm³/mol. The van der Waals surface area contributed by atoms with Crippen molar-refractivity contribution in [3.8, 4) is 11.3 Å². The van der Waals surface area contributed by atoms with Gasteiger partial charge in [0.25, 0.3) is 5.91 Å². The van der Waals surface area contributed by atoms with Crippen molar-refractivity contribution in [2.45, 2.75) is 37.7 Å². The summed E-state index contributed by atoms with van der Waals surface area (Å²) in [5.41, 5.74) is 1.63. The van der Waals surface area contributed by atoms with E-state index in [1.807, 2.05) is 17.0 Å². The molecule has 0 spiro atoms. The van der Waals surface area contributed by atoms with E-state index in [1.54, 1.807) is 18.6 Å². The van der Waals surface area contributed by atoms with Crippen molar-refractivity contribution in [1.82, 2.24) is 20.1 Å². The average molecular weight is 326 g/mol. The van der Waals surface area contributed by atoms with E-state index in [-0.39, 0.29) is 5.91 Å². The number of nitrogens with one attached hydrogen (secondary N) is 1. The molecular formula is C18H22N4O2. The number of likely N-dealkylation sites (tertiary alicyclic amines) is 1. The second-order valence-electron chi connectivity index (χ2n) is 6.92. The van der Waals surface area contributed by atoms with Crippen LogP contribution >= 0.6 is 0 Å². The Kier molecular flexibility index (Phi) is 3.84. The first-order valence-corrected chi connectivity index (χ1v) is 8.63. The summed E-state index contributed by atoms with van der Waals surface area (Å²) in [7, 11) is 0. The van der Waals surface area contributed by atoms with Crippen LogP contribution in [0.3, 0.4) is 0 Å². The first-order chi connectivity index (χ1) is 11.7. The molecule has 1 aliphatic heterocycles. The third-order valence-corrected chi connectivity index (χ3v) is 5.62. The number of aromatic amines is 1. The maximum atomic E-state index is 12.9. The number of carbonyl (C=O) groups is 1. The lowest BCUT2D eigenvalue weighted by molar-refractivity contribution is -0.0861. The van der Waals surface area contributed by atoms with Gasteiger partial charge in [-0.2, -0.15) is 5.10 Å². The van der Waals surface area contributed by atoms with Crippen LogP contribution in [-0.2, 0) is 0 Å². The van der Waals surface area contributed by atoms with Gasteiger partial charge in [-0.05, 0) is 43.7 Å². The van der Waals surface area contributed by atoms with Gasteiger partial charge in [-0.25, -0.2) is 0 Å². The van der Waals surface area contributed by atoms with Gasteiger partial charge in [0.15, 0.2) is 0 Å². The zero-order chi connectivity index (χ0) is 16.6. The van der Waals surface area contributed by atoms with E-state index in [1.165, 1.54) is 6.42 Å². The molecule has 1 saturated carbocycles. The van der Waals surface area contributed by atoms with Gasteiger partial charge in [-0.15, -0.1) is 0 Å². The van der Waals surface area contributed by atoms with E-state index in [2.05, 4.69) is 15.2 Å². The SMILES string of the molecule is O=C(c1cn[nH]c1-c1ccncc1)N1CCC(O)(C2CCC2)CC1. The van der Waals surface area contributed by atoms with Crippen molar-refractivity contribution in [3.63, 3.8) is 0 Å². The van der Waals surface area contributed by atoms with Gasteiger partial charge in [0.05, 0.1) is 23.1 Å². The Morgan fingerprint density at radius 1 is 1.25 bits per heavy atom. The number of hydrogen-bond donors (Lipinski definition) is 2. The Morgan fingerprint density at radius 3 is 2.58 bits per heavy atom. The minimum absolute atomic E-state index is 0.0220. The number of H-pyrrole nitrogens is 1. The third kappa shape index (κ3) is 2.60. The Bertz CT molecular complexity index is 716. The molecule has 2 fully saturated rings. The molecule has 2 N–H and O–H groups in total. The number of aliphatic hydroxyl groups is 1. The highest BCUT2D eigenvalue weighted by Gasteiger charge is 2.43. The van der Waals surface area contributed by atoms with Crippen LogP contribution in [0.1, 0.15) is 42.5 Å². The molecule has 0 radical (unpaired) electrons. The molecule has 0 atom stereocenters. The molecule has 0 bridgehead atoms. The molecule has 24 heavy (non-hydrogen) atoms. The van der Waals surface area contributed by atoms with Gasteiger partial charge < -0.3 is 10.0 Å². The lowest BCUT2D eigenvalue weighted by Crippen LogP contribution is -2.52. The van der Waals surface area contributed by atoms with E-state index in [0.29, 0.717) is 37.4 Å². The fourth-order valence-corrected chi connectivity index (χ4v) is 3.81. The molecule has 4 rings (SSSR count). The van der Waals surface area contributed by atoms with Crippen LogP contribution in [-0.4, -0.2) is 49.8 Å². The fourth-order valence-electron chi connectivity index (χ4n) is 3.81. The van der Waals surface area contributed by atoms with E-state index in [9.17, 15) is 9.90 Å². The second kappa shape index (κ2) is 6.02. The molecule has 6 nitrogen and oxygen atoms in total. The molecule has 126 valence electrons. The third-order valence-electron chi connectivity index (χ3n) is 5.62. The Morgan fingerprint density at radius 2 is 1.96 bits per heavy atom. The molecule has 1 aliphatic carbocycles.